The summed E-state index contributed by atoms with van der Waals surface area (Å²) < 4.78 is 0. The normalized spacial score (nSPS) is 10.5. The lowest BCUT2D eigenvalue weighted by molar-refractivity contribution is 0.110. The molecular formula is C20H14N2O4. The number of hydrogen-bond acceptors (Lipinski definition) is 6. The van der Waals surface area contributed by atoms with Gasteiger partial charge in [-0.1, -0.05) is 48.5 Å². The monoisotopic (exact) mass is 346 g/mol. The second-order valence-electron chi connectivity index (χ2n) is 5.24. The van der Waals surface area contributed by atoms with Crippen molar-refractivity contribution in [3.05, 3.63) is 83.9 Å². The summed E-state index contributed by atoms with van der Waals surface area (Å²) in [6.45, 7) is 0. The fourth-order valence-electron chi connectivity index (χ4n) is 2.32. The van der Waals surface area contributed by atoms with Gasteiger partial charge in [0.25, 0.3) is 0 Å². The highest BCUT2D eigenvalue weighted by molar-refractivity contribution is 5.83. The molecule has 0 aliphatic carbocycles. The molecule has 0 atom stereocenters. The molecule has 0 bridgehead atoms. The van der Waals surface area contributed by atoms with Crippen LogP contribution < -0.4 is 9.68 Å². The van der Waals surface area contributed by atoms with Gasteiger partial charge in [-0.25, -0.2) is 0 Å². The topological polar surface area (TPSA) is 77.3 Å². The van der Waals surface area contributed by atoms with E-state index in [2.05, 4.69) is 10.6 Å². The van der Waals surface area contributed by atoms with Crippen LogP contribution in [0.15, 0.2) is 83.4 Å². The Bertz CT molecular complexity index is 940. The standard InChI is InChI=1S/C20H14N2O4/c23-13-17-8-4-5-9-19(17)25-21-22-26-20-11-10-16(12-18(20)14-24)15-6-2-1-3-7-15/h1-14H. The van der Waals surface area contributed by atoms with Crippen molar-refractivity contribution in [1.29, 1.82) is 0 Å². The van der Waals surface area contributed by atoms with Gasteiger partial charge in [-0.15, -0.1) is 0 Å². The largest absolute Gasteiger partial charge is 0.336 e. The van der Waals surface area contributed by atoms with Gasteiger partial charge in [0.05, 0.1) is 21.7 Å². The molecule has 0 N–H and O–H groups in total. The van der Waals surface area contributed by atoms with Crippen molar-refractivity contribution in [3.63, 3.8) is 0 Å². The summed E-state index contributed by atoms with van der Waals surface area (Å²) in [7, 11) is 0. The Kier molecular flexibility index (Phi) is 5.47. The van der Waals surface area contributed by atoms with Crippen molar-refractivity contribution in [1.82, 2.24) is 0 Å². The van der Waals surface area contributed by atoms with E-state index in [-0.39, 0.29) is 11.5 Å². The third-order valence-corrected chi connectivity index (χ3v) is 3.60. The molecule has 26 heavy (non-hydrogen) atoms. The van der Waals surface area contributed by atoms with Crippen LogP contribution in [0.2, 0.25) is 0 Å². The first-order chi connectivity index (χ1) is 12.8. The zero-order valence-electron chi connectivity index (χ0n) is 13.6. The van der Waals surface area contributed by atoms with E-state index in [1.165, 1.54) is 0 Å². The van der Waals surface area contributed by atoms with Crippen LogP contribution in [0.4, 0.5) is 0 Å². The van der Waals surface area contributed by atoms with Crippen LogP contribution in [0.25, 0.3) is 11.1 Å². The molecule has 0 saturated carbocycles. The minimum absolute atomic E-state index is 0.246. The molecule has 0 spiro atoms. The van der Waals surface area contributed by atoms with Gasteiger partial charge in [0, 0.05) is 0 Å². The van der Waals surface area contributed by atoms with E-state index >= 15 is 0 Å². The number of nitrogens with zero attached hydrogens (tertiary/aromatic N) is 2. The summed E-state index contributed by atoms with van der Waals surface area (Å²) in [4.78, 5) is 32.4. The van der Waals surface area contributed by atoms with Gasteiger partial charge < -0.3 is 9.68 Å². The highest BCUT2D eigenvalue weighted by atomic mass is 16.7. The molecule has 3 aromatic rings. The van der Waals surface area contributed by atoms with Crippen LogP contribution >= 0.6 is 0 Å². The summed E-state index contributed by atoms with van der Waals surface area (Å²) in [6.07, 6.45) is 1.33. The highest BCUT2D eigenvalue weighted by Gasteiger charge is 2.07. The molecule has 3 aromatic carbocycles. The maximum atomic E-state index is 11.3. The lowest BCUT2D eigenvalue weighted by Crippen LogP contribution is -1.93. The summed E-state index contributed by atoms with van der Waals surface area (Å²) in [5.74, 6) is 0.501. The van der Waals surface area contributed by atoms with Gasteiger partial charge >= 0.3 is 0 Å². The Morgan fingerprint density at radius 1 is 0.615 bits per heavy atom. The average molecular weight is 346 g/mol. The maximum Gasteiger partial charge on any atom is 0.170 e. The Hall–Kier alpha value is -3.80. The summed E-state index contributed by atoms with van der Waals surface area (Å²) >= 11 is 0. The average Bonchev–Trinajstić information content (AvgIpc) is 2.72. The van der Waals surface area contributed by atoms with Gasteiger partial charge in [-0.05, 0) is 35.4 Å². The van der Waals surface area contributed by atoms with E-state index < -0.39 is 0 Å². The quantitative estimate of drug-likeness (QED) is 0.352. The van der Waals surface area contributed by atoms with Gasteiger partial charge in [0.15, 0.2) is 24.1 Å². The number of para-hydroxylation sites is 1. The molecule has 0 heterocycles. The zero-order valence-corrected chi connectivity index (χ0v) is 13.6. The molecule has 0 unspecified atom stereocenters. The van der Waals surface area contributed by atoms with Crippen LogP contribution in [0.3, 0.4) is 0 Å². The number of benzene rings is 3. The van der Waals surface area contributed by atoms with Gasteiger partial charge in [-0.3, -0.25) is 9.59 Å². The van der Waals surface area contributed by atoms with Crippen molar-refractivity contribution in [2.75, 3.05) is 0 Å². The predicted molar refractivity (Wildman–Crippen MR) is 95.2 cm³/mol. The fourth-order valence-corrected chi connectivity index (χ4v) is 2.32. The summed E-state index contributed by atoms with van der Waals surface area (Å²) in [5, 5.41) is 6.88. The van der Waals surface area contributed by atoms with Gasteiger partial charge in [0.1, 0.15) is 0 Å². The second-order valence-corrected chi connectivity index (χ2v) is 5.24. The van der Waals surface area contributed by atoms with Crippen LogP contribution in [0.1, 0.15) is 20.7 Å². The van der Waals surface area contributed by atoms with E-state index in [0.717, 1.165) is 11.1 Å². The first-order valence-electron chi connectivity index (χ1n) is 7.75. The molecule has 6 heteroatoms. The minimum Gasteiger partial charge on any atom is -0.336 e. The van der Waals surface area contributed by atoms with Crippen molar-refractivity contribution < 1.29 is 19.3 Å². The molecule has 0 fully saturated rings. The first-order valence-corrected chi connectivity index (χ1v) is 7.75. The molecule has 0 radical (unpaired) electrons. The van der Waals surface area contributed by atoms with E-state index in [1.807, 2.05) is 36.4 Å². The number of carbonyl (C=O) groups excluding carboxylic acids is 2. The van der Waals surface area contributed by atoms with E-state index in [0.29, 0.717) is 23.7 Å². The van der Waals surface area contributed by atoms with Gasteiger partial charge in [0.2, 0.25) is 0 Å². The third kappa shape index (κ3) is 3.99. The van der Waals surface area contributed by atoms with Crippen molar-refractivity contribution in [2.45, 2.75) is 0 Å². The second kappa shape index (κ2) is 8.34. The molecule has 128 valence electrons. The first kappa shape index (κ1) is 17.0. The SMILES string of the molecule is O=Cc1ccccc1ON=NOc1ccc(-c2ccccc2)cc1C=O. The molecule has 0 saturated heterocycles. The van der Waals surface area contributed by atoms with E-state index in [9.17, 15) is 9.59 Å². The molecule has 0 amide bonds. The number of hydrogen-bond donors (Lipinski definition) is 0. The smallest absolute Gasteiger partial charge is 0.170 e. The predicted octanol–water partition coefficient (Wildman–Crippen LogP) is 4.72. The number of rotatable bonds is 7. The van der Waals surface area contributed by atoms with Crippen LogP contribution in [-0.2, 0) is 0 Å². The number of aldehydes is 2. The highest BCUT2D eigenvalue weighted by Crippen LogP contribution is 2.26. The van der Waals surface area contributed by atoms with Crippen molar-refractivity contribution in [3.8, 4) is 22.6 Å². The van der Waals surface area contributed by atoms with Crippen LogP contribution in [0, 0.1) is 0 Å². The van der Waals surface area contributed by atoms with Gasteiger partial charge in [-0.2, -0.15) is 0 Å². The summed E-state index contributed by atoms with van der Waals surface area (Å²) in [5.41, 5.74) is 2.54. The molecular weight excluding hydrogens is 332 g/mol. The lowest BCUT2D eigenvalue weighted by atomic mass is 10.0. The van der Waals surface area contributed by atoms with E-state index in [1.54, 1.807) is 36.4 Å². The minimum atomic E-state index is 0.246. The fraction of sp³-hybridized carbons (Fsp3) is 0. The Labute approximate surface area is 149 Å². The zero-order chi connectivity index (χ0) is 18.2. The molecule has 3 rings (SSSR count). The Morgan fingerprint density at radius 2 is 1.23 bits per heavy atom. The maximum absolute atomic E-state index is 11.3. The Morgan fingerprint density at radius 3 is 1.92 bits per heavy atom. The van der Waals surface area contributed by atoms with E-state index in [4.69, 9.17) is 9.68 Å². The third-order valence-electron chi connectivity index (χ3n) is 3.60. The van der Waals surface area contributed by atoms with Crippen molar-refractivity contribution >= 4 is 12.6 Å². The van der Waals surface area contributed by atoms with Crippen LogP contribution in [0.5, 0.6) is 11.5 Å². The molecule has 0 aliphatic heterocycles. The Balaban J connectivity index is 1.71. The van der Waals surface area contributed by atoms with Crippen LogP contribution in [-0.4, -0.2) is 12.6 Å². The number of carbonyl (C=O) groups is 2. The molecule has 0 aromatic heterocycles. The summed E-state index contributed by atoms with van der Waals surface area (Å²) in [6, 6.07) is 21.4. The molecule has 6 nitrogen and oxygen atoms in total. The lowest BCUT2D eigenvalue weighted by Gasteiger charge is -2.05. The van der Waals surface area contributed by atoms with Crippen molar-refractivity contribution in [2.24, 2.45) is 10.6 Å². The molecule has 0 aliphatic rings.